The summed E-state index contributed by atoms with van der Waals surface area (Å²) in [6.07, 6.45) is 0. The smallest absolute Gasteiger partial charge is 0.129 e. The van der Waals surface area contributed by atoms with Crippen LogP contribution >= 0.6 is 28.3 Å². The molecule has 1 rings (SSSR count). The van der Waals surface area contributed by atoms with Crippen LogP contribution in [0.3, 0.4) is 0 Å². The van der Waals surface area contributed by atoms with Gasteiger partial charge >= 0.3 is 0 Å². The number of hydrogen-bond acceptors (Lipinski definition) is 1. The number of hydrogen-bond donors (Lipinski definition) is 1. The fourth-order valence-electron chi connectivity index (χ4n) is 1.29. The minimum atomic E-state index is -0.252. The third-order valence-corrected chi connectivity index (χ3v) is 2.21. The van der Waals surface area contributed by atoms with Crippen molar-refractivity contribution in [2.24, 2.45) is 5.73 Å². The van der Waals surface area contributed by atoms with Crippen LogP contribution in [0.2, 0.25) is 0 Å². The van der Waals surface area contributed by atoms with Crippen LogP contribution in [0.15, 0.2) is 16.6 Å². The van der Waals surface area contributed by atoms with Gasteiger partial charge in [0.1, 0.15) is 5.82 Å². The lowest BCUT2D eigenvalue weighted by Crippen LogP contribution is -2.09. The summed E-state index contributed by atoms with van der Waals surface area (Å²) in [5, 5.41) is 0. The molecule has 0 aromatic heterocycles. The van der Waals surface area contributed by atoms with E-state index in [4.69, 9.17) is 5.73 Å². The van der Waals surface area contributed by atoms with Gasteiger partial charge in [-0.15, -0.1) is 12.4 Å². The molecule has 0 aliphatic rings. The molecular weight excluding hydrogens is 256 g/mol. The van der Waals surface area contributed by atoms with Crippen molar-refractivity contribution in [3.8, 4) is 0 Å². The van der Waals surface area contributed by atoms with Crippen molar-refractivity contribution in [1.82, 2.24) is 0 Å². The van der Waals surface area contributed by atoms with Crippen LogP contribution in [0.5, 0.6) is 0 Å². The van der Waals surface area contributed by atoms with E-state index in [-0.39, 0.29) is 24.3 Å². The molecule has 0 amide bonds. The second-order valence-electron chi connectivity index (χ2n) is 2.91. The zero-order chi connectivity index (χ0) is 9.30. The normalized spacial score (nSPS) is 12.1. The highest BCUT2D eigenvalue weighted by molar-refractivity contribution is 9.10. The second kappa shape index (κ2) is 4.94. The SMILES string of the molecule is Cc1cc(Br)cc(F)c1[C@@H](C)N.Cl. The number of aryl methyl sites for hydroxylation is 1. The summed E-state index contributed by atoms with van der Waals surface area (Å²) in [4.78, 5) is 0. The van der Waals surface area contributed by atoms with Gasteiger partial charge in [-0.2, -0.15) is 0 Å². The third-order valence-electron chi connectivity index (χ3n) is 1.76. The first-order valence-corrected chi connectivity index (χ1v) is 4.53. The third kappa shape index (κ3) is 2.93. The van der Waals surface area contributed by atoms with Crippen LogP contribution in [-0.4, -0.2) is 0 Å². The first-order chi connectivity index (χ1) is 5.52. The summed E-state index contributed by atoms with van der Waals surface area (Å²) in [5.74, 6) is -0.239. The molecule has 74 valence electrons. The van der Waals surface area contributed by atoms with Crippen LogP contribution in [-0.2, 0) is 0 Å². The molecule has 0 unspecified atom stereocenters. The van der Waals surface area contributed by atoms with E-state index in [0.29, 0.717) is 5.56 Å². The lowest BCUT2D eigenvalue weighted by Gasteiger charge is -2.10. The molecule has 1 nitrogen and oxygen atoms in total. The highest BCUT2D eigenvalue weighted by Gasteiger charge is 2.10. The summed E-state index contributed by atoms with van der Waals surface area (Å²) >= 11 is 3.22. The van der Waals surface area contributed by atoms with E-state index in [1.54, 1.807) is 6.92 Å². The summed E-state index contributed by atoms with van der Waals surface area (Å²) in [5.41, 5.74) is 7.09. The Morgan fingerprint density at radius 2 is 2.00 bits per heavy atom. The Kier molecular flexibility index (Phi) is 4.89. The standard InChI is InChI=1S/C9H11BrFN.ClH/c1-5-3-7(10)4-8(11)9(5)6(2)12;/h3-4,6H,12H2,1-2H3;1H/t6-;/m1./s1. The Morgan fingerprint density at radius 3 is 2.38 bits per heavy atom. The molecule has 13 heavy (non-hydrogen) atoms. The number of halogens is 3. The summed E-state index contributed by atoms with van der Waals surface area (Å²) in [6.45, 7) is 3.63. The topological polar surface area (TPSA) is 26.0 Å². The number of benzene rings is 1. The first-order valence-electron chi connectivity index (χ1n) is 3.73. The lowest BCUT2D eigenvalue weighted by atomic mass is 10.0. The Morgan fingerprint density at radius 1 is 1.46 bits per heavy atom. The summed E-state index contributed by atoms with van der Waals surface area (Å²) in [7, 11) is 0. The van der Waals surface area contributed by atoms with Gasteiger partial charge in [-0.1, -0.05) is 15.9 Å². The summed E-state index contributed by atoms with van der Waals surface area (Å²) in [6, 6.07) is 3.05. The average molecular weight is 269 g/mol. The molecule has 0 bridgehead atoms. The van der Waals surface area contributed by atoms with Gasteiger partial charge < -0.3 is 5.73 Å². The predicted molar refractivity (Wildman–Crippen MR) is 58.7 cm³/mol. The van der Waals surface area contributed by atoms with Crippen molar-refractivity contribution in [3.05, 3.63) is 33.5 Å². The molecule has 0 spiro atoms. The zero-order valence-electron chi connectivity index (χ0n) is 7.47. The quantitative estimate of drug-likeness (QED) is 0.830. The van der Waals surface area contributed by atoms with Gasteiger partial charge in [0.25, 0.3) is 0 Å². The van der Waals surface area contributed by atoms with Gasteiger partial charge in [-0.05, 0) is 31.5 Å². The predicted octanol–water partition coefficient (Wildman–Crippen LogP) is 3.34. The molecule has 0 heterocycles. The van der Waals surface area contributed by atoms with Crippen LogP contribution in [0, 0.1) is 12.7 Å². The molecule has 4 heteroatoms. The van der Waals surface area contributed by atoms with Gasteiger partial charge in [0, 0.05) is 16.1 Å². The van der Waals surface area contributed by atoms with Gasteiger partial charge in [-0.3, -0.25) is 0 Å². The zero-order valence-corrected chi connectivity index (χ0v) is 9.88. The minimum absolute atomic E-state index is 0. The maximum atomic E-state index is 13.3. The van der Waals surface area contributed by atoms with Crippen LogP contribution < -0.4 is 5.73 Å². The van der Waals surface area contributed by atoms with E-state index in [1.165, 1.54) is 6.07 Å². The van der Waals surface area contributed by atoms with Crippen LogP contribution in [0.25, 0.3) is 0 Å². The molecule has 1 aromatic rings. The van der Waals surface area contributed by atoms with Gasteiger partial charge in [-0.25, -0.2) is 4.39 Å². The number of rotatable bonds is 1. The fraction of sp³-hybridized carbons (Fsp3) is 0.333. The summed E-state index contributed by atoms with van der Waals surface area (Å²) < 4.78 is 14.0. The molecule has 0 saturated heterocycles. The lowest BCUT2D eigenvalue weighted by molar-refractivity contribution is 0.590. The van der Waals surface area contributed by atoms with Crippen molar-refractivity contribution in [2.75, 3.05) is 0 Å². The molecule has 0 aliphatic heterocycles. The Balaban J connectivity index is 0.00000144. The minimum Gasteiger partial charge on any atom is -0.324 e. The molecule has 0 fully saturated rings. The fourth-order valence-corrected chi connectivity index (χ4v) is 1.83. The first kappa shape index (κ1) is 12.9. The van der Waals surface area contributed by atoms with Crippen molar-refractivity contribution >= 4 is 28.3 Å². The van der Waals surface area contributed by atoms with Crippen LogP contribution in [0.4, 0.5) is 4.39 Å². The maximum absolute atomic E-state index is 13.3. The van der Waals surface area contributed by atoms with Gasteiger partial charge in [0.05, 0.1) is 0 Å². The van der Waals surface area contributed by atoms with Crippen molar-refractivity contribution < 1.29 is 4.39 Å². The molecule has 1 atom stereocenters. The Bertz CT molecular complexity index is 279. The van der Waals surface area contributed by atoms with Gasteiger partial charge in [0.2, 0.25) is 0 Å². The van der Waals surface area contributed by atoms with E-state index in [0.717, 1.165) is 10.0 Å². The van der Waals surface area contributed by atoms with E-state index >= 15 is 0 Å². The second-order valence-corrected chi connectivity index (χ2v) is 3.82. The van der Waals surface area contributed by atoms with E-state index < -0.39 is 0 Å². The van der Waals surface area contributed by atoms with Crippen molar-refractivity contribution in [3.63, 3.8) is 0 Å². The Hall–Kier alpha value is -0.120. The van der Waals surface area contributed by atoms with E-state index in [9.17, 15) is 4.39 Å². The number of nitrogens with two attached hydrogens (primary N) is 1. The van der Waals surface area contributed by atoms with Crippen molar-refractivity contribution in [2.45, 2.75) is 19.9 Å². The molecule has 0 saturated carbocycles. The largest absolute Gasteiger partial charge is 0.324 e. The van der Waals surface area contributed by atoms with Gasteiger partial charge in [0.15, 0.2) is 0 Å². The van der Waals surface area contributed by atoms with Crippen LogP contribution in [0.1, 0.15) is 24.1 Å². The van der Waals surface area contributed by atoms with Crippen molar-refractivity contribution in [1.29, 1.82) is 0 Å². The molecule has 0 aliphatic carbocycles. The average Bonchev–Trinajstić information content (AvgIpc) is 1.82. The van der Waals surface area contributed by atoms with E-state index in [1.807, 2.05) is 13.0 Å². The molecule has 1 aromatic carbocycles. The molecule has 2 N–H and O–H groups in total. The molecular formula is C9H12BrClFN. The highest BCUT2D eigenvalue weighted by Crippen LogP contribution is 2.23. The maximum Gasteiger partial charge on any atom is 0.129 e. The Labute approximate surface area is 92.1 Å². The highest BCUT2D eigenvalue weighted by atomic mass is 79.9. The van der Waals surface area contributed by atoms with E-state index in [2.05, 4.69) is 15.9 Å². The molecule has 0 radical (unpaired) electrons. The monoisotopic (exact) mass is 267 g/mol.